The first-order chi connectivity index (χ1) is 13.1. The molecule has 0 aliphatic rings. The zero-order valence-corrected chi connectivity index (χ0v) is 15.9. The van der Waals surface area contributed by atoms with Crippen molar-refractivity contribution in [1.82, 2.24) is 14.5 Å². The van der Waals surface area contributed by atoms with Crippen LogP contribution in [0, 0.1) is 0 Å². The van der Waals surface area contributed by atoms with Crippen molar-refractivity contribution in [2.75, 3.05) is 6.54 Å². The van der Waals surface area contributed by atoms with Gasteiger partial charge in [0, 0.05) is 34.3 Å². The zero-order chi connectivity index (χ0) is 18.7. The molecule has 0 atom stereocenters. The lowest BCUT2D eigenvalue weighted by atomic mass is 10.3. The number of hydrogen-bond acceptors (Lipinski definition) is 5. The number of furan rings is 1. The molecule has 0 unspecified atom stereocenters. The highest BCUT2D eigenvalue weighted by Crippen LogP contribution is 2.28. The molecular weight excluding hydrogens is 382 g/mol. The van der Waals surface area contributed by atoms with Crippen LogP contribution in [0.2, 0.25) is 0 Å². The number of thiophene rings is 1. The molecule has 138 valence electrons. The Kier molecular flexibility index (Phi) is 4.93. The number of sulfonamides is 1. The fraction of sp³-hybridized carbons (Fsp3) is 0.105. The van der Waals surface area contributed by atoms with Gasteiger partial charge in [0.1, 0.15) is 0 Å². The van der Waals surface area contributed by atoms with Gasteiger partial charge in [-0.15, -0.1) is 11.3 Å². The second kappa shape index (κ2) is 7.51. The molecule has 4 aromatic rings. The molecule has 27 heavy (non-hydrogen) atoms. The van der Waals surface area contributed by atoms with Gasteiger partial charge >= 0.3 is 0 Å². The van der Waals surface area contributed by atoms with E-state index in [1.54, 1.807) is 65.2 Å². The molecule has 0 radical (unpaired) electrons. The van der Waals surface area contributed by atoms with E-state index >= 15 is 0 Å². The van der Waals surface area contributed by atoms with Crippen LogP contribution >= 0.6 is 11.3 Å². The largest absolute Gasteiger partial charge is 0.472 e. The molecular formula is C19H17N3O3S2. The van der Waals surface area contributed by atoms with Crippen LogP contribution in [0.25, 0.3) is 16.1 Å². The lowest BCUT2D eigenvalue weighted by Gasteiger charge is -2.07. The van der Waals surface area contributed by atoms with Crippen molar-refractivity contribution in [2.45, 2.75) is 11.3 Å². The molecule has 6 nitrogen and oxygen atoms in total. The van der Waals surface area contributed by atoms with Gasteiger partial charge in [0.25, 0.3) is 0 Å². The highest BCUT2D eigenvalue weighted by Gasteiger charge is 2.14. The summed E-state index contributed by atoms with van der Waals surface area (Å²) < 4.78 is 34.4. The molecule has 0 bridgehead atoms. The molecule has 1 N–H and O–H groups in total. The Labute approximate surface area is 161 Å². The first kappa shape index (κ1) is 17.7. The summed E-state index contributed by atoms with van der Waals surface area (Å²) in [6.07, 6.45) is 7.45. The molecule has 0 amide bonds. The summed E-state index contributed by atoms with van der Waals surface area (Å²) in [5, 5.41) is 4.13. The van der Waals surface area contributed by atoms with Crippen LogP contribution in [0.4, 0.5) is 0 Å². The molecule has 4 rings (SSSR count). The predicted octanol–water partition coefficient (Wildman–Crippen LogP) is 3.71. The quantitative estimate of drug-likeness (QED) is 0.514. The summed E-state index contributed by atoms with van der Waals surface area (Å²) in [6, 6.07) is 14.4. The molecule has 0 saturated heterocycles. The SMILES string of the molecule is O=S(=O)(NCCc1ccc(-c2ccoc2)s1)c1ccc(-n2cccn2)cc1. The Morgan fingerprint density at radius 1 is 1.11 bits per heavy atom. The average Bonchev–Trinajstić information content (AvgIpc) is 3.42. The molecule has 0 aliphatic heterocycles. The van der Waals surface area contributed by atoms with E-state index < -0.39 is 10.0 Å². The fourth-order valence-electron chi connectivity index (χ4n) is 2.66. The van der Waals surface area contributed by atoms with E-state index in [0.717, 1.165) is 21.0 Å². The number of benzene rings is 1. The Bertz CT molecular complexity index is 1100. The van der Waals surface area contributed by atoms with Gasteiger partial charge in [-0.05, 0) is 55.0 Å². The van der Waals surface area contributed by atoms with Gasteiger partial charge in [0.2, 0.25) is 10.0 Å². The van der Waals surface area contributed by atoms with Gasteiger partial charge < -0.3 is 4.42 Å². The van der Waals surface area contributed by atoms with Crippen molar-refractivity contribution in [2.24, 2.45) is 0 Å². The van der Waals surface area contributed by atoms with Crippen LogP contribution in [0.1, 0.15) is 4.88 Å². The van der Waals surface area contributed by atoms with Crippen LogP contribution < -0.4 is 4.72 Å². The van der Waals surface area contributed by atoms with Crippen LogP contribution in [0.3, 0.4) is 0 Å². The zero-order valence-electron chi connectivity index (χ0n) is 14.3. The first-order valence-electron chi connectivity index (χ1n) is 8.33. The van der Waals surface area contributed by atoms with E-state index in [4.69, 9.17) is 4.42 Å². The van der Waals surface area contributed by atoms with Crippen LogP contribution in [-0.2, 0) is 16.4 Å². The lowest BCUT2D eigenvalue weighted by Crippen LogP contribution is -2.25. The fourth-order valence-corrected chi connectivity index (χ4v) is 4.69. The summed E-state index contributed by atoms with van der Waals surface area (Å²) in [5.74, 6) is 0. The van der Waals surface area contributed by atoms with Gasteiger partial charge in [0.15, 0.2) is 0 Å². The molecule has 0 fully saturated rings. The molecule has 3 heterocycles. The molecule has 3 aromatic heterocycles. The summed E-state index contributed by atoms with van der Waals surface area (Å²) in [6.45, 7) is 0.342. The Hall–Kier alpha value is -2.68. The van der Waals surface area contributed by atoms with Crippen LogP contribution in [0.5, 0.6) is 0 Å². The Balaban J connectivity index is 1.37. The van der Waals surface area contributed by atoms with E-state index in [1.807, 2.05) is 24.3 Å². The summed E-state index contributed by atoms with van der Waals surface area (Å²) >= 11 is 1.63. The van der Waals surface area contributed by atoms with E-state index in [9.17, 15) is 8.42 Å². The standard InChI is InChI=1S/C19H17N3O3S2/c23-27(24,18-5-2-16(3-6-18)22-12-1-10-20-22)21-11-8-17-4-7-19(26-17)15-9-13-25-14-15/h1-7,9-10,12-14,21H,8,11H2. The highest BCUT2D eigenvalue weighted by molar-refractivity contribution is 7.89. The lowest BCUT2D eigenvalue weighted by molar-refractivity contribution is 0.568. The minimum absolute atomic E-state index is 0.240. The summed E-state index contributed by atoms with van der Waals surface area (Å²) in [7, 11) is -3.54. The number of aromatic nitrogens is 2. The second-order valence-corrected chi connectivity index (χ2v) is 8.81. The van der Waals surface area contributed by atoms with Gasteiger partial charge in [-0.1, -0.05) is 0 Å². The smallest absolute Gasteiger partial charge is 0.240 e. The van der Waals surface area contributed by atoms with Gasteiger partial charge in [-0.25, -0.2) is 17.8 Å². The third-order valence-electron chi connectivity index (χ3n) is 4.05. The maximum atomic E-state index is 12.5. The van der Waals surface area contributed by atoms with E-state index in [1.165, 1.54) is 0 Å². The number of nitrogens with one attached hydrogen (secondary N) is 1. The van der Waals surface area contributed by atoms with E-state index in [2.05, 4.69) is 9.82 Å². The molecule has 1 aromatic carbocycles. The van der Waals surface area contributed by atoms with Crippen LogP contribution in [0.15, 0.2) is 82.8 Å². The molecule has 0 saturated carbocycles. The number of nitrogens with zero attached hydrogens (tertiary/aromatic N) is 2. The Morgan fingerprint density at radius 3 is 2.67 bits per heavy atom. The van der Waals surface area contributed by atoms with Crippen molar-refractivity contribution >= 4 is 21.4 Å². The molecule has 0 spiro atoms. The normalized spacial score (nSPS) is 11.7. The second-order valence-electron chi connectivity index (χ2n) is 5.87. The van der Waals surface area contributed by atoms with E-state index in [-0.39, 0.29) is 4.90 Å². The minimum Gasteiger partial charge on any atom is -0.472 e. The number of rotatable bonds is 7. The average molecular weight is 399 g/mol. The van der Waals surface area contributed by atoms with Gasteiger partial charge in [-0.2, -0.15) is 5.10 Å². The third kappa shape index (κ3) is 4.02. The third-order valence-corrected chi connectivity index (χ3v) is 6.72. The first-order valence-corrected chi connectivity index (χ1v) is 10.6. The summed E-state index contributed by atoms with van der Waals surface area (Å²) in [5.41, 5.74) is 1.84. The van der Waals surface area contributed by atoms with Crippen molar-refractivity contribution in [3.05, 3.63) is 78.3 Å². The maximum absolute atomic E-state index is 12.5. The molecule has 8 heteroatoms. The van der Waals surface area contributed by atoms with E-state index in [0.29, 0.717) is 13.0 Å². The van der Waals surface area contributed by atoms with Crippen LogP contribution in [-0.4, -0.2) is 24.7 Å². The highest BCUT2D eigenvalue weighted by atomic mass is 32.2. The summed E-state index contributed by atoms with van der Waals surface area (Å²) in [4.78, 5) is 2.46. The number of hydrogen-bond donors (Lipinski definition) is 1. The Morgan fingerprint density at radius 2 is 1.96 bits per heavy atom. The van der Waals surface area contributed by atoms with Crippen molar-refractivity contribution in [1.29, 1.82) is 0 Å². The van der Waals surface area contributed by atoms with Crippen molar-refractivity contribution < 1.29 is 12.8 Å². The molecule has 0 aliphatic carbocycles. The topological polar surface area (TPSA) is 77.1 Å². The monoisotopic (exact) mass is 399 g/mol. The predicted molar refractivity (Wildman–Crippen MR) is 104 cm³/mol. The minimum atomic E-state index is -3.54. The van der Waals surface area contributed by atoms with Crippen molar-refractivity contribution in [3.8, 4) is 16.1 Å². The van der Waals surface area contributed by atoms with Gasteiger partial charge in [0.05, 0.1) is 23.1 Å². The maximum Gasteiger partial charge on any atom is 0.240 e. The van der Waals surface area contributed by atoms with Crippen molar-refractivity contribution in [3.63, 3.8) is 0 Å². The van der Waals surface area contributed by atoms with Gasteiger partial charge in [-0.3, -0.25) is 0 Å².